The van der Waals surface area contributed by atoms with Crippen molar-refractivity contribution in [3.05, 3.63) is 35.4 Å². The third-order valence-corrected chi connectivity index (χ3v) is 5.30. The molecule has 0 saturated carbocycles. The maximum Gasteiger partial charge on any atom is 0.314 e. The molecule has 2 saturated heterocycles. The summed E-state index contributed by atoms with van der Waals surface area (Å²) in [4.78, 5) is 15.0. The molecule has 22 heavy (non-hydrogen) atoms. The number of esters is 1. The number of rotatable bonds is 4. The fourth-order valence-electron chi connectivity index (χ4n) is 3.96. The van der Waals surface area contributed by atoms with E-state index in [1.807, 2.05) is 31.2 Å². The third-order valence-electron chi connectivity index (χ3n) is 5.30. The van der Waals surface area contributed by atoms with Crippen LogP contribution in [0.5, 0.6) is 0 Å². The quantitative estimate of drug-likeness (QED) is 0.866. The zero-order chi connectivity index (χ0) is 15.7. The Morgan fingerprint density at radius 3 is 2.64 bits per heavy atom. The molecule has 4 nitrogen and oxygen atoms in total. The van der Waals surface area contributed by atoms with Gasteiger partial charge in [0, 0.05) is 18.6 Å². The van der Waals surface area contributed by atoms with Gasteiger partial charge in [-0.15, -0.1) is 0 Å². The first kappa shape index (κ1) is 15.5. The molecule has 3 atom stereocenters. The minimum absolute atomic E-state index is 0.0556. The van der Waals surface area contributed by atoms with E-state index in [1.165, 1.54) is 12.8 Å². The summed E-state index contributed by atoms with van der Waals surface area (Å²) in [7, 11) is 2.19. The average molecular weight is 302 g/mol. The molecule has 4 heteroatoms. The first-order valence-corrected chi connectivity index (χ1v) is 8.27. The van der Waals surface area contributed by atoms with Crippen LogP contribution in [0.1, 0.15) is 42.7 Å². The lowest BCUT2D eigenvalue weighted by molar-refractivity contribution is -0.154. The summed E-state index contributed by atoms with van der Waals surface area (Å²) in [6, 6.07) is 9.13. The van der Waals surface area contributed by atoms with E-state index in [9.17, 15) is 4.79 Å². The molecule has 2 heterocycles. The minimum Gasteiger partial charge on any atom is -0.462 e. The van der Waals surface area contributed by atoms with Gasteiger partial charge in [-0.3, -0.25) is 4.79 Å². The van der Waals surface area contributed by atoms with E-state index in [0.717, 1.165) is 24.0 Å². The first-order valence-electron chi connectivity index (χ1n) is 8.27. The summed E-state index contributed by atoms with van der Waals surface area (Å²) in [5.41, 5.74) is 7.94. The summed E-state index contributed by atoms with van der Waals surface area (Å²) in [6.45, 7) is 2.32. The monoisotopic (exact) mass is 302 g/mol. The van der Waals surface area contributed by atoms with Gasteiger partial charge in [-0.25, -0.2) is 0 Å². The van der Waals surface area contributed by atoms with Crippen molar-refractivity contribution in [2.45, 2.75) is 56.7 Å². The van der Waals surface area contributed by atoms with Crippen LogP contribution < -0.4 is 5.73 Å². The summed E-state index contributed by atoms with van der Waals surface area (Å²) in [5.74, 6) is -0.515. The van der Waals surface area contributed by atoms with Crippen molar-refractivity contribution in [3.63, 3.8) is 0 Å². The Morgan fingerprint density at radius 2 is 2.05 bits per heavy atom. The van der Waals surface area contributed by atoms with Gasteiger partial charge in [-0.1, -0.05) is 29.8 Å². The van der Waals surface area contributed by atoms with Gasteiger partial charge in [-0.2, -0.15) is 0 Å². The maximum absolute atomic E-state index is 12.6. The number of piperidine rings is 1. The van der Waals surface area contributed by atoms with Crippen molar-refractivity contribution in [1.82, 2.24) is 4.90 Å². The van der Waals surface area contributed by atoms with E-state index in [-0.39, 0.29) is 18.0 Å². The molecule has 0 aromatic heterocycles. The van der Waals surface area contributed by atoms with Crippen LogP contribution >= 0.6 is 0 Å². The minimum atomic E-state index is -0.350. The summed E-state index contributed by atoms with van der Waals surface area (Å²) >= 11 is 0. The van der Waals surface area contributed by atoms with Crippen LogP contribution in [0.3, 0.4) is 0 Å². The Balaban J connectivity index is 1.66. The number of hydrogen-bond acceptors (Lipinski definition) is 4. The molecule has 0 aliphatic carbocycles. The van der Waals surface area contributed by atoms with E-state index in [4.69, 9.17) is 10.5 Å². The molecule has 0 radical (unpaired) electrons. The predicted molar refractivity (Wildman–Crippen MR) is 86.7 cm³/mol. The standard InChI is InChI=1S/C18H26N2O2/c1-12-4-3-5-13(8-12)17(11-19)18(21)22-16-9-14-6-7-15(10-16)20(14)2/h3-5,8,14-17H,6-7,9-11,19H2,1-2H3/t14?,15?,16?,17-/m0/s1. The van der Waals surface area contributed by atoms with Crippen molar-refractivity contribution >= 4 is 5.97 Å². The number of nitrogens with two attached hydrogens (primary N) is 1. The normalized spacial score (nSPS) is 29.3. The second-order valence-corrected chi connectivity index (χ2v) is 6.78. The van der Waals surface area contributed by atoms with Gasteiger partial charge >= 0.3 is 5.97 Å². The summed E-state index contributed by atoms with van der Waals surface area (Å²) < 4.78 is 5.82. The SMILES string of the molecule is Cc1cccc([C@H](CN)C(=O)OC2CC3CCC(C2)N3C)c1. The molecule has 120 valence electrons. The van der Waals surface area contributed by atoms with Gasteiger partial charge in [-0.05, 0) is 45.2 Å². The number of carbonyl (C=O) groups excluding carboxylic acids is 1. The molecule has 2 N–H and O–H groups in total. The highest BCUT2D eigenvalue weighted by Crippen LogP contribution is 2.36. The van der Waals surface area contributed by atoms with Gasteiger partial charge < -0.3 is 15.4 Å². The zero-order valence-corrected chi connectivity index (χ0v) is 13.5. The van der Waals surface area contributed by atoms with Crippen LogP contribution in [0.4, 0.5) is 0 Å². The second-order valence-electron chi connectivity index (χ2n) is 6.78. The van der Waals surface area contributed by atoms with E-state index < -0.39 is 0 Å². The maximum atomic E-state index is 12.6. The Labute approximate surface area is 132 Å². The lowest BCUT2D eigenvalue weighted by atomic mass is 9.96. The van der Waals surface area contributed by atoms with Crippen molar-refractivity contribution < 1.29 is 9.53 Å². The van der Waals surface area contributed by atoms with Gasteiger partial charge in [0.05, 0.1) is 5.92 Å². The van der Waals surface area contributed by atoms with Crippen LogP contribution in [-0.2, 0) is 9.53 Å². The highest BCUT2D eigenvalue weighted by molar-refractivity contribution is 5.78. The topological polar surface area (TPSA) is 55.6 Å². The number of fused-ring (bicyclic) bond motifs is 2. The number of benzene rings is 1. The van der Waals surface area contributed by atoms with Crippen LogP contribution in [-0.4, -0.2) is 42.6 Å². The van der Waals surface area contributed by atoms with Gasteiger partial charge in [0.2, 0.25) is 0 Å². The molecule has 2 aliphatic heterocycles. The predicted octanol–water partition coefficient (Wildman–Crippen LogP) is 2.21. The third kappa shape index (κ3) is 3.03. The molecule has 3 rings (SSSR count). The van der Waals surface area contributed by atoms with Crippen molar-refractivity contribution in [2.24, 2.45) is 5.73 Å². The van der Waals surface area contributed by atoms with Crippen LogP contribution in [0.25, 0.3) is 0 Å². The second kappa shape index (κ2) is 6.39. The Morgan fingerprint density at radius 1 is 1.36 bits per heavy atom. The number of nitrogens with zero attached hydrogens (tertiary/aromatic N) is 1. The Bertz CT molecular complexity index is 532. The Kier molecular flexibility index (Phi) is 4.50. The van der Waals surface area contributed by atoms with Gasteiger partial charge in [0.15, 0.2) is 0 Å². The Hall–Kier alpha value is -1.39. The molecule has 2 bridgehead atoms. The molecule has 0 amide bonds. The molecule has 2 unspecified atom stereocenters. The fourth-order valence-corrected chi connectivity index (χ4v) is 3.96. The molecule has 1 aromatic rings. The highest BCUT2D eigenvalue weighted by atomic mass is 16.5. The van der Waals surface area contributed by atoms with Crippen molar-refractivity contribution in [2.75, 3.05) is 13.6 Å². The first-order chi connectivity index (χ1) is 10.6. The van der Waals surface area contributed by atoms with E-state index >= 15 is 0 Å². The number of carbonyl (C=O) groups is 1. The summed E-state index contributed by atoms with van der Waals surface area (Å²) in [6.07, 6.45) is 4.44. The van der Waals surface area contributed by atoms with Crippen molar-refractivity contribution in [1.29, 1.82) is 0 Å². The lowest BCUT2D eigenvalue weighted by Gasteiger charge is -2.36. The van der Waals surface area contributed by atoms with Gasteiger partial charge in [0.1, 0.15) is 6.10 Å². The van der Waals surface area contributed by atoms with E-state index in [2.05, 4.69) is 11.9 Å². The van der Waals surface area contributed by atoms with Crippen molar-refractivity contribution in [3.8, 4) is 0 Å². The molecular weight excluding hydrogens is 276 g/mol. The molecule has 2 aliphatic rings. The number of hydrogen-bond donors (Lipinski definition) is 1. The number of aryl methyl sites for hydroxylation is 1. The zero-order valence-electron chi connectivity index (χ0n) is 13.5. The molecule has 1 aromatic carbocycles. The van der Waals surface area contributed by atoms with E-state index in [1.54, 1.807) is 0 Å². The fraction of sp³-hybridized carbons (Fsp3) is 0.611. The number of ether oxygens (including phenoxy) is 1. The average Bonchev–Trinajstić information content (AvgIpc) is 2.71. The highest BCUT2D eigenvalue weighted by Gasteiger charge is 2.40. The van der Waals surface area contributed by atoms with Crippen LogP contribution in [0.15, 0.2) is 24.3 Å². The summed E-state index contributed by atoms with van der Waals surface area (Å²) in [5, 5.41) is 0. The molecular formula is C18H26N2O2. The molecule has 2 fully saturated rings. The van der Waals surface area contributed by atoms with Crippen LogP contribution in [0.2, 0.25) is 0 Å². The van der Waals surface area contributed by atoms with Crippen LogP contribution in [0, 0.1) is 6.92 Å². The smallest absolute Gasteiger partial charge is 0.314 e. The van der Waals surface area contributed by atoms with Gasteiger partial charge in [0.25, 0.3) is 0 Å². The lowest BCUT2D eigenvalue weighted by Crippen LogP contribution is -2.44. The molecule has 0 spiro atoms. The largest absolute Gasteiger partial charge is 0.462 e. The van der Waals surface area contributed by atoms with E-state index in [0.29, 0.717) is 18.6 Å².